The van der Waals surface area contributed by atoms with Gasteiger partial charge in [-0.05, 0) is 12.8 Å². The molecule has 3 N–H and O–H groups in total. The lowest BCUT2D eigenvalue weighted by Crippen LogP contribution is -2.47. The minimum atomic E-state index is 0.0603. The summed E-state index contributed by atoms with van der Waals surface area (Å²) in [5, 5.41) is 2.81. The Kier molecular flexibility index (Phi) is 1.49. The molecule has 0 bridgehead atoms. The standard InChI is InChI=1S/C7H13N3O/c8-5-1-2-6-3-9-7(11)10(6)4-5/h5-6H,1-4,8H2,(H,9,11). The molecule has 2 fully saturated rings. The van der Waals surface area contributed by atoms with E-state index in [2.05, 4.69) is 5.32 Å². The quantitative estimate of drug-likeness (QED) is 0.495. The molecule has 2 aliphatic heterocycles. The van der Waals surface area contributed by atoms with Crippen LogP contribution in [0.1, 0.15) is 12.8 Å². The lowest BCUT2D eigenvalue weighted by Gasteiger charge is -2.31. The highest BCUT2D eigenvalue weighted by atomic mass is 16.2. The summed E-state index contributed by atoms with van der Waals surface area (Å²) in [6.45, 7) is 1.54. The van der Waals surface area contributed by atoms with E-state index in [9.17, 15) is 4.79 Å². The molecule has 62 valence electrons. The Labute approximate surface area is 65.7 Å². The van der Waals surface area contributed by atoms with E-state index in [1.54, 1.807) is 0 Å². The number of carbonyl (C=O) groups excluding carboxylic acids is 1. The van der Waals surface area contributed by atoms with E-state index in [0.29, 0.717) is 6.04 Å². The Morgan fingerprint density at radius 3 is 3.18 bits per heavy atom. The number of piperidine rings is 1. The van der Waals surface area contributed by atoms with E-state index >= 15 is 0 Å². The third-order valence-corrected chi connectivity index (χ3v) is 2.49. The van der Waals surface area contributed by atoms with E-state index in [-0.39, 0.29) is 12.1 Å². The highest BCUT2D eigenvalue weighted by Gasteiger charge is 2.34. The van der Waals surface area contributed by atoms with Gasteiger partial charge in [-0.1, -0.05) is 0 Å². The van der Waals surface area contributed by atoms with E-state index in [1.165, 1.54) is 0 Å². The zero-order valence-electron chi connectivity index (χ0n) is 6.42. The minimum Gasteiger partial charge on any atom is -0.336 e. The number of urea groups is 1. The topological polar surface area (TPSA) is 58.4 Å². The molecule has 2 rings (SSSR count). The minimum absolute atomic E-state index is 0.0603. The van der Waals surface area contributed by atoms with Crippen LogP contribution in [0.25, 0.3) is 0 Å². The van der Waals surface area contributed by atoms with Crippen molar-refractivity contribution < 1.29 is 4.79 Å². The second-order valence-electron chi connectivity index (χ2n) is 3.33. The van der Waals surface area contributed by atoms with Crippen LogP contribution < -0.4 is 11.1 Å². The van der Waals surface area contributed by atoms with Crippen molar-refractivity contribution in [3.8, 4) is 0 Å². The van der Waals surface area contributed by atoms with E-state index < -0.39 is 0 Å². The van der Waals surface area contributed by atoms with Crippen molar-refractivity contribution in [2.45, 2.75) is 24.9 Å². The molecule has 2 unspecified atom stereocenters. The van der Waals surface area contributed by atoms with E-state index in [4.69, 9.17) is 5.73 Å². The van der Waals surface area contributed by atoms with E-state index in [1.807, 2.05) is 4.90 Å². The molecule has 0 aromatic rings. The number of nitrogens with two attached hydrogens (primary N) is 1. The summed E-state index contributed by atoms with van der Waals surface area (Å²) >= 11 is 0. The highest BCUT2D eigenvalue weighted by molar-refractivity contribution is 5.77. The first-order chi connectivity index (χ1) is 5.27. The Bertz CT molecular complexity index is 183. The third kappa shape index (κ3) is 1.07. The van der Waals surface area contributed by atoms with Crippen molar-refractivity contribution >= 4 is 6.03 Å². The van der Waals surface area contributed by atoms with Crippen molar-refractivity contribution in [3.63, 3.8) is 0 Å². The number of hydrogen-bond donors (Lipinski definition) is 2. The van der Waals surface area contributed by atoms with Crippen molar-refractivity contribution in [2.75, 3.05) is 13.1 Å². The third-order valence-electron chi connectivity index (χ3n) is 2.49. The zero-order chi connectivity index (χ0) is 7.84. The smallest absolute Gasteiger partial charge is 0.317 e. The lowest BCUT2D eigenvalue weighted by molar-refractivity contribution is 0.177. The number of amides is 2. The first-order valence-electron chi connectivity index (χ1n) is 4.07. The average molecular weight is 155 g/mol. The van der Waals surface area contributed by atoms with Gasteiger partial charge in [0.05, 0.1) is 6.04 Å². The number of hydrogen-bond acceptors (Lipinski definition) is 2. The molecule has 4 nitrogen and oxygen atoms in total. The van der Waals surface area contributed by atoms with Gasteiger partial charge >= 0.3 is 6.03 Å². The van der Waals surface area contributed by atoms with Crippen molar-refractivity contribution in [3.05, 3.63) is 0 Å². The fourth-order valence-corrected chi connectivity index (χ4v) is 1.82. The summed E-state index contributed by atoms with van der Waals surface area (Å²) in [5.74, 6) is 0. The first-order valence-corrected chi connectivity index (χ1v) is 4.07. The summed E-state index contributed by atoms with van der Waals surface area (Å²) < 4.78 is 0. The molecule has 0 spiro atoms. The van der Waals surface area contributed by atoms with Crippen molar-refractivity contribution in [1.29, 1.82) is 0 Å². The largest absolute Gasteiger partial charge is 0.336 e. The van der Waals surface area contributed by atoms with Crippen molar-refractivity contribution in [2.24, 2.45) is 5.73 Å². The Hall–Kier alpha value is -0.770. The maximum absolute atomic E-state index is 11.1. The maximum Gasteiger partial charge on any atom is 0.317 e. The van der Waals surface area contributed by atoms with Crippen LogP contribution in [0, 0.1) is 0 Å². The van der Waals surface area contributed by atoms with Gasteiger partial charge in [0.2, 0.25) is 0 Å². The fraction of sp³-hybridized carbons (Fsp3) is 0.857. The normalized spacial score (nSPS) is 36.8. The van der Waals surface area contributed by atoms with Gasteiger partial charge in [-0.3, -0.25) is 0 Å². The Morgan fingerprint density at radius 2 is 2.36 bits per heavy atom. The molecule has 2 amide bonds. The van der Waals surface area contributed by atoms with Gasteiger partial charge in [0.25, 0.3) is 0 Å². The van der Waals surface area contributed by atoms with Gasteiger partial charge in [0.1, 0.15) is 0 Å². The zero-order valence-corrected chi connectivity index (χ0v) is 6.42. The molecule has 2 atom stereocenters. The second kappa shape index (κ2) is 2.37. The van der Waals surface area contributed by atoms with Crippen LogP contribution in [0.3, 0.4) is 0 Å². The van der Waals surface area contributed by atoms with Crippen LogP contribution in [0.15, 0.2) is 0 Å². The molecule has 0 aliphatic carbocycles. The summed E-state index contributed by atoms with van der Waals surface area (Å²) in [6.07, 6.45) is 2.11. The number of nitrogens with zero attached hydrogens (tertiary/aromatic N) is 1. The summed E-state index contributed by atoms with van der Waals surface area (Å²) in [7, 11) is 0. The fourth-order valence-electron chi connectivity index (χ4n) is 1.82. The number of carbonyl (C=O) groups is 1. The Balaban J connectivity index is 2.07. The average Bonchev–Trinajstić information content (AvgIpc) is 2.33. The van der Waals surface area contributed by atoms with Crippen LogP contribution in [0.2, 0.25) is 0 Å². The monoisotopic (exact) mass is 155 g/mol. The van der Waals surface area contributed by atoms with Gasteiger partial charge in [-0.2, -0.15) is 0 Å². The van der Waals surface area contributed by atoms with Crippen LogP contribution in [0.5, 0.6) is 0 Å². The molecule has 0 aromatic heterocycles. The predicted octanol–water partition coefficient (Wildman–Crippen LogP) is -0.499. The molecule has 4 heteroatoms. The maximum atomic E-state index is 11.1. The van der Waals surface area contributed by atoms with E-state index in [0.717, 1.165) is 25.9 Å². The van der Waals surface area contributed by atoms with Crippen LogP contribution in [-0.2, 0) is 0 Å². The summed E-state index contributed by atoms with van der Waals surface area (Å²) in [6, 6.07) is 0.669. The van der Waals surface area contributed by atoms with Gasteiger partial charge < -0.3 is 16.0 Å². The number of nitrogens with one attached hydrogen (secondary N) is 1. The summed E-state index contributed by atoms with van der Waals surface area (Å²) in [5.41, 5.74) is 5.73. The van der Waals surface area contributed by atoms with Crippen LogP contribution in [-0.4, -0.2) is 36.1 Å². The Morgan fingerprint density at radius 1 is 1.55 bits per heavy atom. The summed E-state index contributed by atoms with van der Waals surface area (Å²) in [4.78, 5) is 13.0. The molecular weight excluding hydrogens is 142 g/mol. The molecule has 2 saturated heterocycles. The molecule has 0 aromatic carbocycles. The van der Waals surface area contributed by atoms with Gasteiger partial charge in [-0.25, -0.2) is 4.79 Å². The molecular formula is C7H13N3O. The molecule has 0 saturated carbocycles. The predicted molar refractivity (Wildman–Crippen MR) is 41.1 cm³/mol. The second-order valence-corrected chi connectivity index (χ2v) is 3.33. The molecule has 2 aliphatic rings. The molecule has 2 heterocycles. The number of fused-ring (bicyclic) bond motifs is 1. The lowest BCUT2D eigenvalue weighted by atomic mass is 10.0. The first kappa shape index (κ1) is 6.91. The van der Waals surface area contributed by atoms with Gasteiger partial charge in [0.15, 0.2) is 0 Å². The highest BCUT2D eigenvalue weighted by Crippen LogP contribution is 2.19. The molecule has 11 heavy (non-hydrogen) atoms. The SMILES string of the molecule is NC1CCC2CNC(=O)N2C1. The van der Waals surface area contributed by atoms with Crippen LogP contribution in [0.4, 0.5) is 4.79 Å². The van der Waals surface area contributed by atoms with Gasteiger partial charge in [0, 0.05) is 19.1 Å². The van der Waals surface area contributed by atoms with Crippen molar-refractivity contribution in [1.82, 2.24) is 10.2 Å². The van der Waals surface area contributed by atoms with Crippen LogP contribution >= 0.6 is 0 Å². The molecule has 0 radical (unpaired) electrons. The van der Waals surface area contributed by atoms with Gasteiger partial charge in [-0.15, -0.1) is 0 Å². The number of rotatable bonds is 0.